The zero-order valence-corrected chi connectivity index (χ0v) is 17.8. The summed E-state index contributed by atoms with van der Waals surface area (Å²) in [5.41, 5.74) is 1.68. The molecule has 0 radical (unpaired) electrons. The molecule has 1 heterocycles. The van der Waals surface area contributed by atoms with Gasteiger partial charge >= 0.3 is 0 Å². The number of benzene rings is 2. The summed E-state index contributed by atoms with van der Waals surface area (Å²) < 4.78 is 11.3. The number of hydrogen-bond acceptors (Lipinski definition) is 4. The molecule has 1 saturated heterocycles. The first-order chi connectivity index (χ1) is 15.2. The van der Waals surface area contributed by atoms with Crippen LogP contribution in [-0.2, 0) is 4.74 Å². The van der Waals surface area contributed by atoms with Crippen molar-refractivity contribution in [2.75, 3.05) is 18.5 Å². The van der Waals surface area contributed by atoms with E-state index >= 15 is 0 Å². The predicted molar refractivity (Wildman–Crippen MR) is 120 cm³/mol. The van der Waals surface area contributed by atoms with Crippen molar-refractivity contribution in [3.05, 3.63) is 59.7 Å². The van der Waals surface area contributed by atoms with Crippen molar-refractivity contribution in [3.8, 4) is 5.75 Å². The van der Waals surface area contributed by atoms with Crippen LogP contribution >= 0.6 is 0 Å². The van der Waals surface area contributed by atoms with Crippen LogP contribution in [0.2, 0.25) is 0 Å². The molecule has 2 aromatic rings. The van der Waals surface area contributed by atoms with E-state index in [1.807, 2.05) is 0 Å². The molecule has 1 saturated carbocycles. The first-order valence-corrected chi connectivity index (χ1v) is 11.2. The average molecular weight is 423 g/mol. The Hall–Kier alpha value is -2.86. The van der Waals surface area contributed by atoms with Gasteiger partial charge in [0.2, 0.25) is 0 Å². The largest absolute Gasteiger partial charge is 0.491 e. The van der Waals surface area contributed by atoms with Crippen LogP contribution < -0.4 is 15.4 Å². The zero-order valence-electron chi connectivity index (χ0n) is 17.8. The van der Waals surface area contributed by atoms with Crippen molar-refractivity contribution in [2.45, 2.75) is 57.1 Å². The van der Waals surface area contributed by atoms with Gasteiger partial charge in [-0.2, -0.15) is 0 Å². The van der Waals surface area contributed by atoms with Gasteiger partial charge in [-0.25, -0.2) is 0 Å². The summed E-state index contributed by atoms with van der Waals surface area (Å²) in [5.74, 6) is 0.402. The molecule has 1 atom stereocenters. The van der Waals surface area contributed by atoms with Crippen LogP contribution in [-0.4, -0.2) is 37.2 Å². The molecule has 6 nitrogen and oxygen atoms in total. The lowest BCUT2D eigenvalue weighted by Crippen LogP contribution is -2.36. The van der Waals surface area contributed by atoms with Gasteiger partial charge in [0, 0.05) is 29.5 Å². The van der Waals surface area contributed by atoms with E-state index in [1.165, 1.54) is 19.3 Å². The third kappa shape index (κ3) is 6.07. The van der Waals surface area contributed by atoms with E-state index in [4.69, 9.17) is 9.47 Å². The van der Waals surface area contributed by atoms with E-state index in [9.17, 15) is 9.59 Å². The highest BCUT2D eigenvalue weighted by atomic mass is 16.5. The maximum absolute atomic E-state index is 12.6. The summed E-state index contributed by atoms with van der Waals surface area (Å²) in [6.07, 6.45) is 7.92. The third-order valence-corrected chi connectivity index (χ3v) is 5.90. The van der Waals surface area contributed by atoms with Gasteiger partial charge in [-0.3, -0.25) is 9.59 Å². The Balaban J connectivity index is 1.31. The average Bonchev–Trinajstić information content (AvgIpc) is 3.33. The normalized spacial score (nSPS) is 19.0. The molecule has 2 aromatic carbocycles. The van der Waals surface area contributed by atoms with E-state index < -0.39 is 0 Å². The van der Waals surface area contributed by atoms with Crippen molar-refractivity contribution in [1.29, 1.82) is 0 Å². The number of carbonyl (C=O) groups is 2. The van der Waals surface area contributed by atoms with Crippen molar-refractivity contribution < 1.29 is 19.1 Å². The van der Waals surface area contributed by atoms with Crippen LogP contribution in [0.15, 0.2) is 48.5 Å². The smallest absolute Gasteiger partial charge is 0.255 e. The molecule has 0 bridgehead atoms. The van der Waals surface area contributed by atoms with Crippen LogP contribution in [0.1, 0.15) is 65.7 Å². The van der Waals surface area contributed by atoms with Gasteiger partial charge in [0.1, 0.15) is 12.4 Å². The van der Waals surface area contributed by atoms with Gasteiger partial charge in [0.05, 0.1) is 6.10 Å². The first-order valence-electron chi connectivity index (χ1n) is 11.2. The van der Waals surface area contributed by atoms with Gasteiger partial charge in [-0.1, -0.05) is 25.3 Å². The van der Waals surface area contributed by atoms with Crippen LogP contribution in [0, 0.1) is 0 Å². The maximum atomic E-state index is 12.6. The van der Waals surface area contributed by atoms with Crippen molar-refractivity contribution in [1.82, 2.24) is 5.32 Å². The summed E-state index contributed by atoms with van der Waals surface area (Å²) in [4.78, 5) is 25.2. The van der Waals surface area contributed by atoms with E-state index in [0.29, 0.717) is 29.2 Å². The third-order valence-electron chi connectivity index (χ3n) is 5.90. The second-order valence-corrected chi connectivity index (χ2v) is 8.31. The van der Waals surface area contributed by atoms with Crippen LogP contribution in [0.4, 0.5) is 5.69 Å². The lowest BCUT2D eigenvalue weighted by atomic mass is 9.95. The monoisotopic (exact) mass is 422 g/mol. The van der Waals surface area contributed by atoms with Gasteiger partial charge < -0.3 is 20.1 Å². The Bertz CT molecular complexity index is 885. The molecule has 1 aliphatic carbocycles. The molecule has 2 N–H and O–H groups in total. The number of hydrogen-bond donors (Lipinski definition) is 2. The molecule has 6 heteroatoms. The van der Waals surface area contributed by atoms with Crippen molar-refractivity contribution in [3.63, 3.8) is 0 Å². The van der Waals surface area contributed by atoms with Crippen LogP contribution in [0.5, 0.6) is 5.75 Å². The molecule has 0 aromatic heterocycles. The zero-order chi connectivity index (χ0) is 21.5. The highest BCUT2D eigenvalue weighted by Crippen LogP contribution is 2.20. The lowest BCUT2D eigenvalue weighted by Gasteiger charge is -2.22. The summed E-state index contributed by atoms with van der Waals surface area (Å²) >= 11 is 0. The topological polar surface area (TPSA) is 76.7 Å². The minimum absolute atomic E-state index is 0.0873. The minimum Gasteiger partial charge on any atom is -0.491 e. The summed E-state index contributed by atoms with van der Waals surface area (Å²) in [5, 5.41) is 5.98. The Kier molecular flexibility index (Phi) is 7.20. The van der Waals surface area contributed by atoms with Crippen molar-refractivity contribution >= 4 is 17.5 Å². The fourth-order valence-corrected chi connectivity index (χ4v) is 4.12. The van der Waals surface area contributed by atoms with Crippen LogP contribution in [0.3, 0.4) is 0 Å². The van der Waals surface area contributed by atoms with Crippen molar-refractivity contribution in [2.24, 2.45) is 0 Å². The van der Waals surface area contributed by atoms with Gasteiger partial charge in [0.15, 0.2) is 0 Å². The SMILES string of the molecule is O=C(Nc1cccc(C(=O)NC2CCCCC2)c1)c1ccc(OCC2CCCO2)cc1. The molecular formula is C25H30N2O4. The second kappa shape index (κ2) is 10.4. The second-order valence-electron chi connectivity index (χ2n) is 8.31. The van der Waals surface area contributed by atoms with Crippen LogP contribution in [0.25, 0.3) is 0 Å². The number of anilines is 1. The molecule has 4 rings (SSSR count). The van der Waals surface area contributed by atoms with Gasteiger partial charge in [-0.15, -0.1) is 0 Å². The molecule has 0 spiro atoms. The molecule has 31 heavy (non-hydrogen) atoms. The molecule has 1 unspecified atom stereocenters. The van der Waals surface area contributed by atoms with E-state index in [-0.39, 0.29) is 24.0 Å². The van der Waals surface area contributed by atoms with E-state index in [0.717, 1.165) is 32.3 Å². The predicted octanol–water partition coefficient (Wildman–Crippen LogP) is 4.56. The molecular weight excluding hydrogens is 392 g/mol. The Labute approximate surface area is 183 Å². The first kappa shape index (κ1) is 21.4. The maximum Gasteiger partial charge on any atom is 0.255 e. The fourth-order valence-electron chi connectivity index (χ4n) is 4.12. The molecule has 1 aliphatic heterocycles. The summed E-state index contributed by atoms with van der Waals surface area (Å²) in [6.45, 7) is 1.33. The summed E-state index contributed by atoms with van der Waals surface area (Å²) in [6, 6.07) is 14.4. The van der Waals surface area contributed by atoms with Gasteiger partial charge in [0.25, 0.3) is 11.8 Å². The Morgan fingerprint density at radius 1 is 0.903 bits per heavy atom. The standard InChI is InChI=1S/C25H30N2O4/c28-24(18-11-13-22(14-12-18)31-17-23-10-5-15-30-23)27-21-9-4-6-19(16-21)25(29)26-20-7-2-1-3-8-20/h4,6,9,11-14,16,20,23H,1-3,5,7-8,10,15,17H2,(H,26,29)(H,27,28). The fraction of sp³-hybridized carbons (Fsp3) is 0.440. The number of rotatable bonds is 7. The highest BCUT2D eigenvalue weighted by Gasteiger charge is 2.18. The number of carbonyl (C=O) groups excluding carboxylic acids is 2. The molecule has 2 aliphatic rings. The number of ether oxygens (including phenoxy) is 2. The molecule has 2 fully saturated rings. The number of amides is 2. The molecule has 164 valence electrons. The Morgan fingerprint density at radius 3 is 2.45 bits per heavy atom. The number of nitrogens with one attached hydrogen (secondary N) is 2. The lowest BCUT2D eigenvalue weighted by molar-refractivity contribution is 0.0679. The Morgan fingerprint density at radius 2 is 1.71 bits per heavy atom. The van der Waals surface area contributed by atoms with E-state index in [1.54, 1.807) is 48.5 Å². The summed E-state index contributed by atoms with van der Waals surface area (Å²) in [7, 11) is 0. The quantitative estimate of drug-likeness (QED) is 0.686. The minimum atomic E-state index is -0.226. The van der Waals surface area contributed by atoms with Gasteiger partial charge in [-0.05, 0) is 68.1 Å². The highest BCUT2D eigenvalue weighted by molar-refractivity contribution is 6.05. The molecule has 2 amide bonds. The van der Waals surface area contributed by atoms with E-state index in [2.05, 4.69) is 10.6 Å².